The number of para-hydroxylation sites is 1. The molecule has 0 saturated carbocycles. The molecule has 0 heterocycles. The van der Waals surface area contributed by atoms with E-state index >= 15 is 0 Å². The van der Waals surface area contributed by atoms with Crippen LogP contribution in [0.1, 0.15) is 11.1 Å². The van der Waals surface area contributed by atoms with Gasteiger partial charge >= 0.3 is 0 Å². The van der Waals surface area contributed by atoms with Crippen LogP contribution in [-0.4, -0.2) is 12.2 Å². The van der Waals surface area contributed by atoms with E-state index in [-0.39, 0.29) is 5.75 Å². The summed E-state index contributed by atoms with van der Waals surface area (Å²) < 4.78 is 6.02. The Kier molecular flexibility index (Phi) is 4.78. The lowest BCUT2D eigenvalue weighted by Crippen LogP contribution is -2.01. The molecule has 0 aliphatic rings. The van der Waals surface area contributed by atoms with Crippen molar-refractivity contribution in [2.75, 3.05) is 12.4 Å². The molecule has 2 aromatic rings. The van der Waals surface area contributed by atoms with Gasteiger partial charge in [-0.05, 0) is 46.6 Å². The SMILES string of the molecule is COc1cccc(CNc2cc(Cl)c(C)cc2Br)c1O. The van der Waals surface area contributed by atoms with Gasteiger partial charge in [-0.25, -0.2) is 0 Å². The normalized spacial score (nSPS) is 10.4. The van der Waals surface area contributed by atoms with Crippen molar-refractivity contribution in [2.24, 2.45) is 0 Å². The van der Waals surface area contributed by atoms with Crippen LogP contribution in [0.15, 0.2) is 34.8 Å². The van der Waals surface area contributed by atoms with E-state index < -0.39 is 0 Å². The van der Waals surface area contributed by atoms with E-state index in [1.165, 1.54) is 7.11 Å². The maximum Gasteiger partial charge on any atom is 0.162 e. The number of ether oxygens (including phenoxy) is 1. The van der Waals surface area contributed by atoms with Gasteiger partial charge in [-0.3, -0.25) is 0 Å². The lowest BCUT2D eigenvalue weighted by molar-refractivity contribution is 0.371. The minimum absolute atomic E-state index is 0.150. The average molecular weight is 357 g/mol. The molecule has 0 aliphatic carbocycles. The van der Waals surface area contributed by atoms with E-state index in [2.05, 4.69) is 21.2 Å². The van der Waals surface area contributed by atoms with Crippen LogP contribution in [0, 0.1) is 6.92 Å². The van der Waals surface area contributed by atoms with E-state index in [9.17, 15) is 5.11 Å². The summed E-state index contributed by atoms with van der Waals surface area (Å²) in [7, 11) is 1.53. The molecule has 2 rings (SSSR count). The summed E-state index contributed by atoms with van der Waals surface area (Å²) in [4.78, 5) is 0. The van der Waals surface area contributed by atoms with Gasteiger partial charge in [0.2, 0.25) is 0 Å². The number of anilines is 1. The minimum atomic E-state index is 0.150. The Balaban J connectivity index is 2.19. The van der Waals surface area contributed by atoms with Gasteiger partial charge in [-0.15, -0.1) is 0 Å². The Hall–Kier alpha value is -1.39. The zero-order chi connectivity index (χ0) is 14.7. The molecular weight excluding hydrogens is 342 g/mol. The number of phenols is 1. The Morgan fingerprint density at radius 1 is 1.35 bits per heavy atom. The summed E-state index contributed by atoms with van der Waals surface area (Å²) in [6.07, 6.45) is 0. The Bertz CT molecular complexity index is 632. The van der Waals surface area contributed by atoms with E-state index in [0.29, 0.717) is 17.3 Å². The highest BCUT2D eigenvalue weighted by atomic mass is 79.9. The first kappa shape index (κ1) is 15.0. The predicted molar refractivity (Wildman–Crippen MR) is 85.9 cm³/mol. The van der Waals surface area contributed by atoms with Gasteiger partial charge < -0.3 is 15.2 Å². The highest BCUT2D eigenvalue weighted by molar-refractivity contribution is 9.10. The second-order valence-corrected chi connectivity index (χ2v) is 5.66. The number of hydrogen-bond acceptors (Lipinski definition) is 3. The number of benzene rings is 2. The zero-order valence-electron chi connectivity index (χ0n) is 11.2. The highest BCUT2D eigenvalue weighted by Crippen LogP contribution is 2.32. The summed E-state index contributed by atoms with van der Waals surface area (Å²) in [5, 5.41) is 14.0. The standard InChI is InChI=1S/C15H15BrClNO2/c1-9-6-11(16)13(7-12(9)17)18-8-10-4-3-5-14(20-2)15(10)19/h3-7,18-19H,8H2,1-2H3. The third-order valence-electron chi connectivity index (χ3n) is 3.02. The first-order valence-corrected chi connectivity index (χ1v) is 7.24. The lowest BCUT2D eigenvalue weighted by Gasteiger charge is -2.13. The number of phenolic OH excluding ortho intramolecular Hbond substituents is 1. The lowest BCUT2D eigenvalue weighted by atomic mass is 10.1. The van der Waals surface area contributed by atoms with Gasteiger partial charge in [-0.1, -0.05) is 23.7 Å². The molecule has 0 saturated heterocycles. The Morgan fingerprint density at radius 2 is 2.10 bits per heavy atom. The molecule has 2 N–H and O–H groups in total. The number of methoxy groups -OCH3 is 1. The maximum absolute atomic E-state index is 10.0. The van der Waals surface area contributed by atoms with Crippen LogP contribution in [0.3, 0.4) is 0 Å². The van der Waals surface area contributed by atoms with Crippen LogP contribution >= 0.6 is 27.5 Å². The molecule has 0 spiro atoms. The van der Waals surface area contributed by atoms with Crippen LogP contribution in [0.25, 0.3) is 0 Å². The largest absolute Gasteiger partial charge is 0.504 e. The fraction of sp³-hybridized carbons (Fsp3) is 0.200. The molecule has 3 nitrogen and oxygen atoms in total. The van der Waals surface area contributed by atoms with Crippen LogP contribution < -0.4 is 10.1 Å². The average Bonchev–Trinajstić information content (AvgIpc) is 2.43. The van der Waals surface area contributed by atoms with Gasteiger partial charge in [0, 0.05) is 21.6 Å². The van der Waals surface area contributed by atoms with Crippen molar-refractivity contribution in [3.63, 3.8) is 0 Å². The van der Waals surface area contributed by atoms with Gasteiger partial charge in [-0.2, -0.15) is 0 Å². The summed E-state index contributed by atoms with van der Waals surface area (Å²) in [5.74, 6) is 0.613. The second kappa shape index (κ2) is 6.37. The van der Waals surface area contributed by atoms with Crippen LogP contribution in [0.4, 0.5) is 5.69 Å². The molecule has 0 atom stereocenters. The fourth-order valence-electron chi connectivity index (χ4n) is 1.85. The molecule has 0 radical (unpaired) electrons. The highest BCUT2D eigenvalue weighted by Gasteiger charge is 2.09. The Labute approximate surface area is 131 Å². The summed E-state index contributed by atoms with van der Waals surface area (Å²) in [6, 6.07) is 9.22. The minimum Gasteiger partial charge on any atom is -0.504 e. The van der Waals surface area contributed by atoms with E-state index in [1.54, 1.807) is 6.07 Å². The van der Waals surface area contributed by atoms with E-state index in [0.717, 1.165) is 21.3 Å². The van der Waals surface area contributed by atoms with Crippen LogP contribution in [0.5, 0.6) is 11.5 Å². The molecular formula is C15H15BrClNO2. The van der Waals surface area contributed by atoms with Gasteiger partial charge in [0.25, 0.3) is 0 Å². The fourth-order valence-corrected chi connectivity index (χ4v) is 2.61. The first-order valence-electron chi connectivity index (χ1n) is 6.07. The Morgan fingerprint density at radius 3 is 2.80 bits per heavy atom. The third-order valence-corrected chi connectivity index (χ3v) is 4.08. The molecule has 0 unspecified atom stereocenters. The second-order valence-electron chi connectivity index (χ2n) is 4.40. The monoisotopic (exact) mass is 355 g/mol. The number of aromatic hydroxyl groups is 1. The molecule has 0 aromatic heterocycles. The number of halogens is 2. The van der Waals surface area contributed by atoms with Gasteiger partial charge in [0.15, 0.2) is 11.5 Å². The van der Waals surface area contributed by atoms with Crippen molar-refractivity contribution in [2.45, 2.75) is 13.5 Å². The van der Waals surface area contributed by atoms with Crippen molar-refractivity contribution in [3.8, 4) is 11.5 Å². The van der Waals surface area contributed by atoms with Crippen LogP contribution in [0.2, 0.25) is 5.02 Å². The van der Waals surface area contributed by atoms with E-state index in [4.69, 9.17) is 16.3 Å². The summed E-state index contributed by atoms with van der Waals surface area (Å²) in [6.45, 7) is 2.42. The smallest absolute Gasteiger partial charge is 0.162 e. The summed E-state index contributed by atoms with van der Waals surface area (Å²) in [5.41, 5.74) is 2.64. The first-order chi connectivity index (χ1) is 9.52. The van der Waals surface area contributed by atoms with Crippen molar-refractivity contribution < 1.29 is 9.84 Å². The quantitative estimate of drug-likeness (QED) is 0.831. The molecule has 0 amide bonds. The molecule has 106 valence electrons. The molecule has 2 aromatic carbocycles. The van der Waals surface area contributed by atoms with Crippen molar-refractivity contribution in [1.82, 2.24) is 0 Å². The van der Waals surface area contributed by atoms with Crippen molar-refractivity contribution >= 4 is 33.2 Å². The van der Waals surface area contributed by atoms with Crippen LogP contribution in [-0.2, 0) is 6.54 Å². The van der Waals surface area contributed by atoms with Gasteiger partial charge in [0.05, 0.1) is 12.8 Å². The molecule has 5 heteroatoms. The predicted octanol–water partition coefficient (Wildman–Crippen LogP) is 4.74. The topological polar surface area (TPSA) is 41.5 Å². The number of rotatable bonds is 4. The number of hydrogen-bond donors (Lipinski definition) is 2. The molecule has 0 aliphatic heterocycles. The maximum atomic E-state index is 10.0. The van der Waals surface area contributed by atoms with Crippen molar-refractivity contribution in [3.05, 3.63) is 51.0 Å². The molecule has 20 heavy (non-hydrogen) atoms. The third kappa shape index (κ3) is 3.19. The number of nitrogens with one attached hydrogen (secondary N) is 1. The molecule has 0 fully saturated rings. The van der Waals surface area contributed by atoms with Crippen molar-refractivity contribution in [1.29, 1.82) is 0 Å². The summed E-state index contributed by atoms with van der Waals surface area (Å²) >= 11 is 9.61. The zero-order valence-corrected chi connectivity index (χ0v) is 13.5. The van der Waals surface area contributed by atoms with Gasteiger partial charge in [0.1, 0.15) is 0 Å². The molecule has 0 bridgehead atoms. The number of aryl methyl sites for hydroxylation is 1. The van der Waals surface area contributed by atoms with E-state index in [1.807, 2.05) is 31.2 Å².